The van der Waals surface area contributed by atoms with Crippen molar-refractivity contribution in [2.45, 2.75) is 40.5 Å². The number of benzene rings is 2. The zero-order chi connectivity index (χ0) is 20.0. The van der Waals surface area contributed by atoms with E-state index in [1.165, 1.54) is 22.3 Å². The number of hydrogen-bond donors (Lipinski definition) is 1. The lowest BCUT2D eigenvalue weighted by atomic mass is 9.73. The summed E-state index contributed by atoms with van der Waals surface area (Å²) >= 11 is 0. The van der Waals surface area contributed by atoms with E-state index in [0.29, 0.717) is 0 Å². The standard InChI is InChI=1S/C26H30N2.ClH/c1-20(18-27-24-11-7-5-8-12-24)22-15-23(17-26(3,4)16-22)21(2)19-28-25-13-9-6-10-14-25;/h5-15,18-19,27H,16-17H2,1-4H3;1H/b20-18+,23-21-,28-19?;. The van der Waals surface area contributed by atoms with Crippen molar-refractivity contribution in [3.8, 4) is 0 Å². The molecule has 0 amide bonds. The summed E-state index contributed by atoms with van der Waals surface area (Å²) in [5.41, 5.74) is 7.62. The Morgan fingerprint density at radius 2 is 1.55 bits per heavy atom. The molecule has 1 aliphatic carbocycles. The average molecular weight is 407 g/mol. The molecule has 0 fully saturated rings. The number of allylic oxidation sites excluding steroid dienone is 5. The fraction of sp³-hybridized carbons (Fsp3) is 0.269. The second-order valence-corrected chi connectivity index (χ2v) is 8.33. The normalized spacial score (nSPS) is 18.1. The highest BCUT2D eigenvalue weighted by Crippen LogP contribution is 2.41. The molecule has 3 rings (SSSR count). The third-order valence-electron chi connectivity index (χ3n) is 5.09. The molecule has 0 radical (unpaired) electrons. The van der Waals surface area contributed by atoms with E-state index in [9.17, 15) is 0 Å². The van der Waals surface area contributed by atoms with E-state index in [2.05, 4.69) is 62.4 Å². The number of aliphatic imine (C=N–C) groups is 1. The van der Waals surface area contributed by atoms with Gasteiger partial charge in [-0.25, -0.2) is 0 Å². The number of para-hydroxylation sites is 2. The summed E-state index contributed by atoms with van der Waals surface area (Å²) in [6.07, 6.45) is 8.63. The van der Waals surface area contributed by atoms with E-state index in [-0.39, 0.29) is 17.8 Å². The predicted molar refractivity (Wildman–Crippen MR) is 129 cm³/mol. The minimum Gasteiger partial charge on any atom is -0.361 e. The predicted octanol–water partition coefficient (Wildman–Crippen LogP) is 7.89. The first-order chi connectivity index (χ1) is 13.4. The largest absolute Gasteiger partial charge is 0.361 e. The van der Waals surface area contributed by atoms with Crippen molar-refractivity contribution in [2.24, 2.45) is 10.4 Å². The molecule has 152 valence electrons. The molecule has 3 heteroatoms. The lowest BCUT2D eigenvalue weighted by molar-refractivity contribution is 0.353. The van der Waals surface area contributed by atoms with E-state index >= 15 is 0 Å². The molecule has 0 aliphatic heterocycles. The third kappa shape index (κ3) is 6.76. The van der Waals surface area contributed by atoms with Crippen LogP contribution in [0.4, 0.5) is 11.4 Å². The van der Waals surface area contributed by atoms with Gasteiger partial charge in [0.2, 0.25) is 0 Å². The van der Waals surface area contributed by atoms with Gasteiger partial charge < -0.3 is 5.32 Å². The van der Waals surface area contributed by atoms with E-state index in [1.807, 2.05) is 54.7 Å². The molecule has 0 unspecified atom stereocenters. The Hall–Kier alpha value is -2.58. The lowest BCUT2D eigenvalue weighted by Gasteiger charge is -2.32. The Morgan fingerprint density at radius 1 is 0.931 bits per heavy atom. The van der Waals surface area contributed by atoms with E-state index in [0.717, 1.165) is 24.2 Å². The SMILES string of the molecule is C/C(=C\Nc1ccccc1)C1=C/C(=C(\C)C=Nc2ccccc2)CC(C)(C)C1.Cl. The minimum atomic E-state index is 0. The van der Waals surface area contributed by atoms with Gasteiger partial charge in [-0.3, -0.25) is 4.99 Å². The Balaban J connectivity index is 0.00000300. The summed E-state index contributed by atoms with van der Waals surface area (Å²) in [5, 5.41) is 3.41. The molecule has 29 heavy (non-hydrogen) atoms. The number of anilines is 1. The topological polar surface area (TPSA) is 24.4 Å². The number of hydrogen-bond acceptors (Lipinski definition) is 2. The summed E-state index contributed by atoms with van der Waals surface area (Å²) in [5.74, 6) is 0. The number of rotatable bonds is 5. The summed E-state index contributed by atoms with van der Waals surface area (Å²) in [7, 11) is 0. The lowest BCUT2D eigenvalue weighted by Crippen LogP contribution is -2.19. The first kappa shape index (κ1) is 22.7. The van der Waals surface area contributed by atoms with Crippen LogP contribution < -0.4 is 5.32 Å². The molecular formula is C26H31ClN2. The molecule has 2 aromatic carbocycles. The van der Waals surface area contributed by atoms with Crippen LogP contribution in [0, 0.1) is 5.41 Å². The summed E-state index contributed by atoms with van der Waals surface area (Å²) < 4.78 is 0. The van der Waals surface area contributed by atoms with Crippen LogP contribution in [0.5, 0.6) is 0 Å². The molecule has 0 aromatic heterocycles. The van der Waals surface area contributed by atoms with E-state index < -0.39 is 0 Å². The first-order valence-corrected chi connectivity index (χ1v) is 9.91. The highest BCUT2D eigenvalue weighted by atomic mass is 35.5. The molecule has 0 spiro atoms. The van der Waals surface area contributed by atoms with Crippen molar-refractivity contribution in [2.75, 3.05) is 5.32 Å². The van der Waals surface area contributed by atoms with Crippen molar-refractivity contribution in [1.82, 2.24) is 0 Å². The number of nitrogens with one attached hydrogen (secondary N) is 1. The second kappa shape index (κ2) is 10.3. The van der Waals surface area contributed by atoms with E-state index in [1.54, 1.807) is 0 Å². The molecule has 1 aliphatic rings. The van der Waals surface area contributed by atoms with Crippen LogP contribution >= 0.6 is 12.4 Å². The van der Waals surface area contributed by atoms with Crippen molar-refractivity contribution in [1.29, 1.82) is 0 Å². The minimum absolute atomic E-state index is 0. The molecule has 1 N–H and O–H groups in total. The zero-order valence-electron chi connectivity index (χ0n) is 17.8. The van der Waals surface area contributed by atoms with Gasteiger partial charge >= 0.3 is 0 Å². The Morgan fingerprint density at radius 3 is 2.21 bits per heavy atom. The van der Waals surface area contributed by atoms with Gasteiger partial charge in [0.15, 0.2) is 0 Å². The van der Waals surface area contributed by atoms with Gasteiger partial charge in [0.25, 0.3) is 0 Å². The summed E-state index contributed by atoms with van der Waals surface area (Å²) in [6, 6.07) is 20.4. The van der Waals surface area contributed by atoms with Gasteiger partial charge in [-0.1, -0.05) is 56.3 Å². The Labute approximate surface area is 181 Å². The quantitative estimate of drug-likeness (QED) is 0.501. The average Bonchev–Trinajstić information content (AvgIpc) is 2.70. The van der Waals surface area contributed by atoms with Gasteiger partial charge in [0.05, 0.1) is 5.69 Å². The molecule has 0 saturated heterocycles. The van der Waals surface area contributed by atoms with Crippen molar-refractivity contribution in [3.63, 3.8) is 0 Å². The summed E-state index contributed by atoms with van der Waals surface area (Å²) in [6.45, 7) is 9.05. The monoisotopic (exact) mass is 406 g/mol. The Bertz CT molecular complexity index is 920. The van der Waals surface area contributed by atoms with Crippen molar-refractivity contribution >= 4 is 30.0 Å². The molecule has 0 atom stereocenters. The van der Waals surface area contributed by atoms with Gasteiger partial charge in [0.1, 0.15) is 0 Å². The molecule has 0 saturated carbocycles. The van der Waals surface area contributed by atoms with Gasteiger partial charge in [-0.05, 0) is 78.7 Å². The van der Waals surface area contributed by atoms with Crippen LogP contribution in [0.15, 0.2) is 100 Å². The zero-order valence-corrected chi connectivity index (χ0v) is 18.6. The highest BCUT2D eigenvalue weighted by molar-refractivity contribution is 5.85. The smallest absolute Gasteiger partial charge is 0.0629 e. The number of nitrogens with zero attached hydrogens (tertiary/aromatic N) is 1. The van der Waals surface area contributed by atoms with E-state index in [4.69, 9.17) is 0 Å². The molecular weight excluding hydrogens is 376 g/mol. The van der Waals surface area contributed by atoms with Crippen LogP contribution in [0.3, 0.4) is 0 Å². The maximum absolute atomic E-state index is 4.64. The summed E-state index contributed by atoms with van der Waals surface area (Å²) in [4.78, 5) is 4.64. The van der Waals surface area contributed by atoms with Crippen LogP contribution in [0.2, 0.25) is 0 Å². The second-order valence-electron chi connectivity index (χ2n) is 8.33. The number of halogens is 1. The molecule has 2 nitrogen and oxygen atoms in total. The molecule has 0 bridgehead atoms. The highest BCUT2D eigenvalue weighted by Gasteiger charge is 2.26. The Kier molecular flexibility index (Phi) is 8.04. The van der Waals surface area contributed by atoms with Crippen LogP contribution in [0.1, 0.15) is 40.5 Å². The van der Waals surface area contributed by atoms with Gasteiger partial charge in [-0.2, -0.15) is 0 Å². The third-order valence-corrected chi connectivity index (χ3v) is 5.09. The maximum Gasteiger partial charge on any atom is 0.0629 e. The van der Waals surface area contributed by atoms with Crippen LogP contribution in [-0.2, 0) is 0 Å². The fourth-order valence-corrected chi connectivity index (χ4v) is 3.50. The van der Waals surface area contributed by atoms with Gasteiger partial charge in [-0.15, -0.1) is 12.4 Å². The van der Waals surface area contributed by atoms with Crippen molar-refractivity contribution in [3.05, 3.63) is 95.2 Å². The van der Waals surface area contributed by atoms with Crippen molar-refractivity contribution < 1.29 is 0 Å². The molecule has 0 heterocycles. The first-order valence-electron chi connectivity index (χ1n) is 9.91. The van der Waals surface area contributed by atoms with Crippen LogP contribution in [-0.4, -0.2) is 6.21 Å². The van der Waals surface area contributed by atoms with Gasteiger partial charge in [0, 0.05) is 18.1 Å². The maximum atomic E-state index is 4.64. The molecule has 2 aromatic rings. The van der Waals surface area contributed by atoms with Crippen LogP contribution in [0.25, 0.3) is 0 Å². The fourth-order valence-electron chi connectivity index (χ4n) is 3.50.